The number of benzene rings is 1. The summed E-state index contributed by atoms with van der Waals surface area (Å²) in [6, 6.07) is 5.95. The second kappa shape index (κ2) is 4.61. The van der Waals surface area contributed by atoms with Gasteiger partial charge in [-0.3, -0.25) is 4.79 Å². The van der Waals surface area contributed by atoms with E-state index in [1.54, 1.807) is 13.8 Å². The maximum Gasteiger partial charge on any atom is 0.312 e. The molecule has 0 spiro atoms. The molecule has 98 valence electrons. The van der Waals surface area contributed by atoms with E-state index in [1.807, 2.05) is 18.2 Å². The van der Waals surface area contributed by atoms with Crippen LogP contribution in [0, 0.1) is 5.41 Å². The van der Waals surface area contributed by atoms with Crippen molar-refractivity contribution in [1.29, 1.82) is 0 Å². The molecule has 1 aliphatic carbocycles. The van der Waals surface area contributed by atoms with E-state index in [-0.39, 0.29) is 12.6 Å². The Morgan fingerprint density at radius 1 is 1.56 bits per heavy atom. The molecule has 0 fully saturated rings. The number of carbonyl (C=O) groups is 1. The maximum atomic E-state index is 11.0. The standard InChI is InChI=1S/C14H19NO3/c1-14(2,13(16)17)8-18-10-4-5-11-9(7-10)3-6-12(11)15/h4-5,7,12H,3,6,8,15H2,1-2H3,(H,16,17)/t12-/m0/s1. The van der Waals surface area contributed by atoms with Crippen molar-refractivity contribution >= 4 is 5.97 Å². The lowest BCUT2D eigenvalue weighted by atomic mass is 9.95. The van der Waals surface area contributed by atoms with E-state index >= 15 is 0 Å². The predicted molar refractivity (Wildman–Crippen MR) is 68.6 cm³/mol. The zero-order valence-electron chi connectivity index (χ0n) is 10.8. The summed E-state index contributed by atoms with van der Waals surface area (Å²) in [6.45, 7) is 3.46. The highest BCUT2D eigenvalue weighted by Gasteiger charge is 2.28. The molecule has 0 unspecified atom stereocenters. The Kier molecular flexibility index (Phi) is 3.30. The average Bonchev–Trinajstić information content (AvgIpc) is 2.68. The fourth-order valence-corrected chi connectivity index (χ4v) is 2.04. The lowest BCUT2D eigenvalue weighted by molar-refractivity contribution is -0.148. The normalized spacial score (nSPS) is 18.5. The summed E-state index contributed by atoms with van der Waals surface area (Å²) in [5.74, 6) is -0.136. The molecule has 0 saturated carbocycles. The van der Waals surface area contributed by atoms with Crippen LogP contribution in [0.1, 0.15) is 37.4 Å². The summed E-state index contributed by atoms with van der Waals surface area (Å²) in [4.78, 5) is 11.0. The Balaban J connectivity index is 2.06. The fraction of sp³-hybridized carbons (Fsp3) is 0.500. The number of hydrogen-bond donors (Lipinski definition) is 2. The molecule has 0 radical (unpaired) electrons. The molecule has 1 atom stereocenters. The first-order valence-electron chi connectivity index (χ1n) is 6.15. The molecule has 1 aromatic rings. The van der Waals surface area contributed by atoms with Crippen molar-refractivity contribution in [2.45, 2.75) is 32.7 Å². The van der Waals surface area contributed by atoms with Crippen LogP contribution < -0.4 is 10.5 Å². The summed E-state index contributed by atoms with van der Waals surface area (Å²) in [6.07, 6.45) is 1.94. The molecule has 0 saturated heterocycles. The third-order valence-electron chi connectivity index (χ3n) is 3.42. The molecule has 1 aromatic carbocycles. The second-order valence-corrected chi connectivity index (χ2v) is 5.48. The number of aryl methyl sites for hydroxylation is 1. The fourth-order valence-electron chi connectivity index (χ4n) is 2.04. The number of fused-ring (bicyclic) bond motifs is 1. The highest BCUT2D eigenvalue weighted by Crippen LogP contribution is 2.32. The van der Waals surface area contributed by atoms with Gasteiger partial charge in [0.05, 0.1) is 5.41 Å². The van der Waals surface area contributed by atoms with Gasteiger partial charge in [-0.1, -0.05) is 6.07 Å². The third kappa shape index (κ3) is 2.48. The van der Waals surface area contributed by atoms with Gasteiger partial charge >= 0.3 is 5.97 Å². The molecule has 0 amide bonds. The van der Waals surface area contributed by atoms with Crippen molar-refractivity contribution in [3.05, 3.63) is 29.3 Å². The van der Waals surface area contributed by atoms with E-state index in [0.29, 0.717) is 0 Å². The summed E-state index contributed by atoms with van der Waals surface area (Å²) >= 11 is 0. The summed E-state index contributed by atoms with van der Waals surface area (Å²) in [5, 5.41) is 9.01. The quantitative estimate of drug-likeness (QED) is 0.857. The van der Waals surface area contributed by atoms with Crippen molar-refractivity contribution in [3.63, 3.8) is 0 Å². The smallest absolute Gasteiger partial charge is 0.312 e. The van der Waals surface area contributed by atoms with E-state index in [0.717, 1.165) is 18.6 Å². The highest BCUT2D eigenvalue weighted by molar-refractivity contribution is 5.73. The van der Waals surface area contributed by atoms with Crippen molar-refractivity contribution in [3.8, 4) is 5.75 Å². The number of carboxylic acids is 1. The van der Waals surface area contributed by atoms with Gasteiger partial charge in [0.15, 0.2) is 0 Å². The van der Waals surface area contributed by atoms with Crippen LogP contribution >= 0.6 is 0 Å². The topological polar surface area (TPSA) is 72.5 Å². The minimum atomic E-state index is -0.880. The maximum absolute atomic E-state index is 11.0. The number of nitrogens with two attached hydrogens (primary N) is 1. The Morgan fingerprint density at radius 3 is 2.94 bits per heavy atom. The molecular formula is C14H19NO3. The van der Waals surface area contributed by atoms with Crippen LogP contribution in [-0.2, 0) is 11.2 Å². The summed E-state index contributed by atoms with van der Waals surface area (Å²) < 4.78 is 5.57. The Bertz CT molecular complexity index is 468. The highest BCUT2D eigenvalue weighted by atomic mass is 16.5. The molecule has 0 bridgehead atoms. The van der Waals surface area contributed by atoms with Gasteiger partial charge in [0.1, 0.15) is 12.4 Å². The Labute approximate surface area is 107 Å². The van der Waals surface area contributed by atoms with E-state index in [1.165, 1.54) is 11.1 Å². The molecule has 4 nitrogen and oxygen atoms in total. The van der Waals surface area contributed by atoms with Crippen LogP contribution in [0.25, 0.3) is 0 Å². The monoisotopic (exact) mass is 249 g/mol. The summed E-state index contributed by atoms with van der Waals surface area (Å²) in [7, 11) is 0. The van der Waals surface area contributed by atoms with Gasteiger partial charge in [0.25, 0.3) is 0 Å². The molecule has 3 N–H and O–H groups in total. The number of ether oxygens (including phenoxy) is 1. The van der Waals surface area contributed by atoms with Crippen LogP contribution in [0.15, 0.2) is 18.2 Å². The van der Waals surface area contributed by atoms with Crippen molar-refractivity contribution in [1.82, 2.24) is 0 Å². The largest absolute Gasteiger partial charge is 0.492 e. The van der Waals surface area contributed by atoms with Gasteiger partial charge in [-0.2, -0.15) is 0 Å². The van der Waals surface area contributed by atoms with Crippen LogP contribution in [0.3, 0.4) is 0 Å². The molecule has 1 aliphatic rings. The zero-order chi connectivity index (χ0) is 13.3. The van der Waals surface area contributed by atoms with Crippen LogP contribution in [0.4, 0.5) is 0 Å². The van der Waals surface area contributed by atoms with Crippen molar-refractivity contribution in [2.75, 3.05) is 6.61 Å². The van der Waals surface area contributed by atoms with Crippen LogP contribution in [0.2, 0.25) is 0 Å². The molecule has 4 heteroatoms. The van der Waals surface area contributed by atoms with E-state index in [9.17, 15) is 4.79 Å². The SMILES string of the molecule is CC(C)(COc1ccc2c(c1)CC[C@@H]2N)C(=O)O. The summed E-state index contributed by atoms with van der Waals surface area (Å²) in [5.41, 5.74) is 7.48. The Morgan fingerprint density at radius 2 is 2.28 bits per heavy atom. The molecule has 0 aromatic heterocycles. The number of rotatable bonds is 4. The van der Waals surface area contributed by atoms with Gasteiger partial charge in [-0.05, 0) is 49.9 Å². The van der Waals surface area contributed by atoms with Crippen molar-refractivity contribution in [2.24, 2.45) is 11.1 Å². The molecule has 0 aliphatic heterocycles. The second-order valence-electron chi connectivity index (χ2n) is 5.48. The van der Waals surface area contributed by atoms with Gasteiger partial charge in [-0.15, -0.1) is 0 Å². The lowest BCUT2D eigenvalue weighted by Gasteiger charge is -2.19. The zero-order valence-corrected chi connectivity index (χ0v) is 10.8. The minimum absolute atomic E-state index is 0.129. The number of hydrogen-bond acceptors (Lipinski definition) is 3. The van der Waals surface area contributed by atoms with E-state index in [2.05, 4.69) is 0 Å². The minimum Gasteiger partial charge on any atom is -0.492 e. The van der Waals surface area contributed by atoms with E-state index in [4.69, 9.17) is 15.6 Å². The predicted octanol–water partition coefficient (Wildman–Crippen LogP) is 2.12. The first kappa shape index (κ1) is 12.9. The van der Waals surface area contributed by atoms with Crippen molar-refractivity contribution < 1.29 is 14.6 Å². The van der Waals surface area contributed by atoms with Gasteiger partial charge in [0.2, 0.25) is 0 Å². The van der Waals surface area contributed by atoms with Crippen LogP contribution in [-0.4, -0.2) is 17.7 Å². The van der Waals surface area contributed by atoms with Crippen LogP contribution in [0.5, 0.6) is 5.75 Å². The third-order valence-corrected chi connectivity index (χ3v) is 3.42. The Hall–Kier alpha value is -1.55. The van der Waals surface area contributed by atoms with Gasteiger partial charge in [-0.25, -0.2) is 0 Å². The lowest BCUT2D eigenvalue weighted by Crippen LogP contribution is -2.30. The molecule has 18 heavy (non-hydrogen) atoms. The molecular weight excluding hydrogens is 230 g/mol. The average molecular weight is 249 g/mol. The number of carboxylic acid groups (broad SMARTS) is 1. The van der Waals surface area contributed by atoms with Gasteiger partial charge in [0, 0.05) is 6.04 Å². The molecule has 2 rings (SSSR count). The van der Waals surface area contributed by atoms with E-state index < -0.39 is 11.4 Å². The first-order chi connectivity index (χ1) is 8.40. The van der Waals surface area contributed by atoms with Gasteiger partial charge < -0.3 is 15.6 Å². The number of aliphatic carboxylic acids is 1. The first-order valence-corrected chi connectivity index (χ1v) is 6.15. The molecule has 0 heterocycles.